The van der Waals surface area contributed by atoms with Crippen molar-refractivity contribution in [2.45, 2.75) is 13.0 Å². The molecule has 3 aromatic carbocycles. The Kier molecular flexibility index (Phi) is 8.83. The van der Waals surface area contributed by atoms with E-state index in [1.54, 1.807) is 49.6 Å². The molecule has 0 fully saturated rings. The van der Waals surface area contributed by atoms with Crippen LogP contribution in [0.4, 0.5) is 0 Å². The lowest BCUT2D eigenvalue weighted by atomic mass is 10.1. The Labute approximate surface area is 207 Å². The van der Waals surface area contributed by atoms with E-state index >= 15 is 0 Å². The summed E-state index contributed by atoms with van der Waals surface area (Å²) in [6, 6.07) is 15.7. The van der Waals surface area contributed by atoms with Crippen molar-refractivity contribution in [2.24, 2.45) is 5.10 Å². The molecular weight excluding hydrogens is 487 g/mol. The molecule has 0 aromatic heterocycles. The quantitative estimate of drug-likeness (QED) is 0.288. The van der Waals surface area contributed by atoms with Gasteiger partial charge in [0.25, 0.3) is 0 Å². The zero-order valence-corrected chi connectivity index (χ0v) is 20.2. The molecule has 0 bridgehead atoms. The van der Waals surface area contributed by atoms with Crippen molar-refractivity contribution in [2.75, 3.05) is 14.2 Å². The summed E-state index contributed by atoms with van der Waals surface area (Å²) in [6.45, 7) is 0.181. The Morgan fingerprint density at radius 2 is 1.73 bits per heavy atom. The van der Waals surface area contributed by atoms with Gasteiger partial charge >= 0.3 is 0 Å². The van der Waals surface area contributed by atoms with Crippen molar-refractivity contribution in [1.82, 2.24) is 5.43 Å². The lowest BCUT2D eigenvalue weighted by Gasteiger charge is -2.14. The van der Waals surface area contributed by atoms with Crippen LogP contribution in [0.1, 0.15) is 16.7 Å². The van der Waals surface area contributed by atoms with E-state index in [2.05, 4.69) is 10.5 Å². The molecule has 0 aliphatic carbocycles. The summed E-state index contributed by atoms with van der Waals surface area (Å²) in [4.78, 5) is 12.1. The van der Waals surface area contributed by atoms with E-state index in [0.29, 0.717) is 32.1 Å². The first-order chi connectivity index (χ1) is 15.9. The van der Waals surface area contributed by atoms with Crippen LogP contribution in [0.2, 0.25) is 15.1 Å². The maximum Gasteiger partial charge on any atom is 0.244 e. The highest BCUT2D eigenvalue weighted by atomic mass is 35.5. The van der Waals surface area contributed by atoms with Gasteiger partial charge in [0.2, 0.25) is 5.91 Å². The number of hydrazone groups is 1. The molecule has 6 nitrogen and oxygen atoms in total. The van der Waals surface area contributed by atoms with Gasteiger partial charge in [-0.3, -0.25) is 4.79 Å². The third kappa shape index (κ3) is 7.02. The Morgan fingerprint density at radius 1 is 0.970 bits per heavy atom. The predicted molar refractivity (Wildman–Crippen MR) is 131 cm³/mol. The molecule has 0 radical (unpaired) electrons. The first-order valence-electron chi connectivity index (χ1n) is 9.78. The monoisotopic (exact) mass is 506 g/mol. The predicted octanol–water partition coefficient (Wildman–Crippen LogP) is 5.94. The number of rotatable bonds is 9. The molecule has 0 heterocycles. The Hall–Kier alpha value is -2.93. The molecule has 1 N–H and O–H groups in total. The van der Waals surface area contributed by atoms with Gasteiger partial charge in [-0.05, 0) is 47.5 Å². The summed E-state index contributed by atoms with van der Waals surface area (Å²) in [5, 5.41) is 5.35. The van der Waals surface area contributed by atoms with Gasteiger partial charge in [0, 0.05) is 15.6 Å². The van der Waals surface area contributed by atoms with E-state index in [9.17, 15) is 4.79 Å². The van der Waals surface area contributed by atoms with E-state index in [1.807, 2.05) is 12.1 Å². The molecule has 172 valence electrons. The van der Waals surface area contributed by atoms with Gasteiger partial charge < -0.3 is 14.2 Å². The van der Waals surface area contributed by atoms with Crippen LogP contribution in [-0.2, 0) is 17.8 Å². The van der Waals surface area contributed by atoms with E-state index in [0.717, 1.165) is 16.9 Å². The minimum Gasteiger partial charge on any atom is -0.497 e. The zero-order chi connectivity index (χ0) is 23.8. The summed E-state index contributed by atoms with van der Waals surface area (Å²) in [5.41, 5.74) is 4.72. The van der Waals surface area contributed by atoms with Gasteiger partial charge in [-0.2, -0.15) is 5.10 Å². The molecule has 0 atom stereocenters. The van der Waals surface area contributed by atoms with Crippen LogP contribution in [0.25, 0.3) is 0 Å². The fourth-order valence-electron chi connectivity index (χ4n) is 2.89. The maximum absolute atomic E-state index is 12.1. The summed E-state index contributed by atoms with van der Waals surface area (Å²) in [5.74, 6) is 1.26. The van der Waals surface area contributed by atoms with Crippen LogP contribution < -0.4 is 19.6 Å². The topological polar surface area (TPSA) is 69.2 Å². The van der Waals surface area contributed by atoms with E-state index in [4.69, 9.17) is 49.0 Å². The average Bonchev–Trinajstić information content (AvgIpc) is 2.79. The number of hydrogen-bond donors (Lipinski definition) is 1. The van der Waals surface area contributed by atoms with Crippen LogP contribution >= 0.6 is 34.8 Å². The molecular formula is C24H21Cl3N2O4. The van der Waals surface area contributed by atoms with E-state index < -0.39 is 0 Å². The number of methoxy groups -OCH3 is 2. The molecule has 3 aromatic rings. The second-order valence-electron chi connectivity index (χ2n) is 6.88. The van der Waals surface area contributed by atoms with Crippen molar-refractivity contribution in [3.8, 4) is 17.2 Å². The molecule has 33 heavy (non-hydrogen) atoms. The van der Waals surface area contributed by atoms with Crippen LogP contribution in [0.15, 0.2) is 59.7 Å². The minimum atomic E-state index is -0.255. The molecule has 9 heteroatoms. The number of nitrogens with zero attached hydrogens (tertiary/aromatic N) is 1. The number of halogens is 3. The Balaban J connectivity index is 1.63. The van der Waals surface area contributed by atoms with Crippen LogP contribution in [-0.4, -0.2) is 26.3 Å². The maximum atomic E-state index is 12.1. The third-order valence-corrected chi connectivity index (χ3v) is 5.43. The van der Waals surface area contributed by atoms with Crippen LogP contribution in [0.5, 0.6) is 17.2 Å². The summed E-state index contributed by atoms with van der Waals surface area (Å²) < 4.78 is 16.4. The van der Waals surface area contributed by atoms with Crippen LogP contribution in [0, 0.1) is 0 Å². The molecule has 0 saturated heterocycles. The summed E-state index contributed by atoms with van der Waals surface area (Å²) in [7, 11) is 3.09. The number of amides is 1. The Bertz CT molecular complexity index is 1150. The normalized spacial score (nSPS) is 10.8. The lowest BCUT2D eigenvalue weighted by Crippen LogP contribution is -2.19. The highest BCUT2D eigenvalue weighted by Crippen LogP contribution is 2.37. The van der Waals surface area contributed by atoms with Crippen molar-refractivity contribution in [3.05, 3.63) is 86.4 Å². The standard InChI is InChI=1S/C24H21Cl3N2O4/c1-31-19-7-3-15(4-8-19)11-23(30)29-28-13-16-9-21(27)24(22(10-16)32-2)33-14-17-5-6-18(25)12-20(17)26/h3-10,12-13H,11,14H2,1-2H3,(H,29,30)/b28-13-. The summed E-state index contributed by atoms with van der Waals surface area (Å²) in [6.07, 6.45) is 1.66. The van der Waals surface area contributed by atoms with Gasteiger partial charge in [0.1, 0.15) is 12.4 Å². The van der Waals surface area contributed by atoms with Crippen molar-refractivity contribution in [1.29, 1.82) is 0 Å². The van der Waals surface area contributed by atoms with Crippen molar-refractivity contribution < 1.29 is 19.0 Å². The number of carbonyl (C=O) groups is 1. The number of hydrogen-bond acceptors (Lipinski definition) is 5. The van der Waals surface area contributed by atoms with Gasteiger partial charge in [-0.25, -0.2) is 5.43 Å². The number of ether oxygens (including phenoxy) is 3. The first kappa shape index (κ1) is 24.7. The van der Waals surface area contributed by atoms with Gasteiger partial charge in [0.05, 0.1) is 31.9 Å². The van der Waals surface area contributed by atoms with Crippen molar-refractivity contribution >= 4 is 46.9 Å². The van der Waals surface area contributed by atoms with Crippen molar-refractivity contribution in [3.63, 3.8) is 0 Å². The molecule has 0 spiro atoms. The van der Waals surface area contributed by atoms with E-state index in [1.165, 1.54) is 13.3 Å². The fourth-order valence-corrected chi connectivity index (χ4v) is 3.63. The molecule has 3 rings (SSSR count). The highest BCUT2D eigenvalue weighted by Gasteiger charge is 2.13. The summed E-state index contributed by atoms with van der Waals surface area (Å²) >= 11 is 18.5. The second-order valence-corrected chi connectivity index (χ2v) is 8.13. The second kappa shape index (κ2) is 11.8. The molecule has 0 aliphatic heterocycles. The SMILES string of the molecule is COc1ccc(CC(=O)N/N=C\c2cc(Cl)c(OCc3ccc(Cl)cc3Cl)c(OC)c2)cc1. The van der Waals surface area contributed by atoms with Gasteiger partial charge in [-0.1, -0.05) is 53.0 Å². The molecule has 0 saturated carbocycles. The third-order valence-electron chi connectivity index (χ3n) is 4.57. The average molecular weight is 508 g/mol. The van der Waals surface area contributed by atoms with Crippen LogP contribution in [0.3, 0.4) is 0 Å². The van der Waals surface area contributed by atoms with Gasteiger partial charge in [0.15, 0.2) is 11.5 Å². The minimum absolute atomic E-state index is 0.181. The highest BCUT2D eigenvalue weighted by molar-refractivity contribution is 6.35. The Morgan fingerprint density at radius 3 is 2.39 bits per heavy atom. The zero-order valence-electron chi connectivity index (χ0n) is 17.9. The largest absolute Gasteiger partial charge is 0.497 e. The smallest absolute Gasteiger partial charge is 0.244 e. The van der Waals surface area contributed by atoms with E-state index in [-0.39, 0.29) is 18.9 Å². The number of nitrogens with one attached hydrogen (secondary N) is 1. The molecule has 1 amide bonds. The molecule has 0 unspecified atom stereocenters. The lowest BCUT2D eigenvalue weighted by molar-refractivity contribution is -0.120. The number of carbonyl (C=O) groups excluding carboxylic acids is 1. The molecule has 0 aliphatic rings. The van der Waals surface area contributed by atoms with Gasteiger partial charge in [-0.15, -0.1) is 0 Å². The number of benzene rings is 3. The first-order valence-corrected chi connectivity index (χ1v) is 10.9. The fraction of sp³-hybridized carbons (Fsp3) is 0.167.